The Morgan fingerprint density at radius 2 is 0.848 bits per heavy atom. The highest BCUT2D eigenvalue weighted by atomic mass is 15.0. The van der Waals surface area contributed by atoms with Gasteiger partial charge in [0.2, 0.25) is 0 Å². The zero-order valence-corrected chi connectivity index (χ0v) is 36.1. The number of nitrogens with zero attached hydrogens (tertiary/aromatic N) is 3. The molecule has 0 unspecified atom stereocenters. The Labute approximate surface area is 383 Å². The van der Waals surface area contributed by atoms with Crippen LogP contribution in [-0.4, -0.2) is 14.5 Å². The van der Waals surface area contributed by atoms with Crippen LogP contribution in [0.5, 0.6) is 0 Å². The van der Waals surface area contributed by atoms with E-state index in [2.05, 4.69) is 223 Å². The molecule has 66 heavy (non-hydrogen) atoms. The summed E-state index contributed by atoms with van der Waals surface area (Å²) in [6, 6.07) is 85.3. The summed E-state index contributed by atoms with van der Waals surface area (Å²) in [7, 11) is 0. The second-order valence-electron chi connectivity index (χ2n) is 17.3. The summed E-state index contributed by atoms with van der Waals surface area (Å²) >= 11 is 0. The first-order valence-electron chi connectivity index (χ1n) is 22.7. The first kappa shape index (κ1) is 37.9. The van der Waals surface area contributed by atoms with E-state index >= 15 is 0 Å². The lowest BCUT2D eigenvalue weighted by Gasteiger charge is -2.16. The van der Waals surface area contributed by atoms with Gasteiger partial charge in [-0.1, -0.05) is 194 Å². The van der Waals surface area contributed by atoms with E-state index in [-0.39, 0.29) is 0 Å². The Balaban J connectivity index is 0.887. The maximum Gasteiger partial charge on any atom is 0.160 e. The maximum absolute atomic E-state index is 5.17. The lowest BCUT2D eigenvalue weighted by molar-refractivity contribution is 1.18. The van der Waals surface area contributed by atoms with Crippen LogP contribution in [0.4, 0.5) is 0 Å². The van der Waals surface area contributed by atoms with Crippen LogP contribution in [0.25, 0.3) is 117 Å². The molecule has 0 amide bonds. The van der Waals surface area contributed by atoms with Crippen LogP contribution in [0.3, 0.4) is 0 Å². The van der Waals surface area contributed by atoms with Gasteiger partial charge in [-0.15, -0.1) is 0 Å². The molecule has 0 radical (unpaired) electrons. The fraction of sp³-hybridized carbons (Fsp3) is 0.0159. The van der Waals surface area contributed by atoms with Gasteiger partial charge in [0.25, 0.3) is 0 Å². The highest BCUT2D eigenvalue weighted by Crippen LogP contribution is 2.48. The van der Waals surface area contributed by atoms with Crippen LogP contribution < -0.4 is 0 Å². The Morgan fingerprint density at radius 1 is 0.318 bits per heavy atom. The number of aromatic nitrogens is 3. The van der Waals surface area contributed by atoms with E-state index in [9.17, 15) is 0 Å². The Bertz CT molecular complexity index is 3760. The predicted octanol–water partition coefficient (Wildman–Crippen LogP) is 16.3. The van der Waals surface area contributed by atoms with E-state index in [4.69, 9.17) is 9.97 Å². The molecule has 0 fully saturated rings. The summed E-state index contributed by atoms with van der Waals surface area (Å²) in [5, 5.41) is 5.14. The smallest absolute Gasteiger partial charge is 0.160 e. The third kappa shape index (κ3) is 6.36. The van der Waals surface area contributed by atoms with Crippen molar-refractivity contribution in [2.45, 2.75) is 6.42 Å². The third-order valence-corrected chi connectivity index (χ3v) is 13.5. The highest BCUT2D eigenvalue weighted by Gasteiger charge is 2.26. The van der Waals surface area contributed by atoms with E-state index < -0.39 is 0 Å². The molecule has 308 valence electrons. The van der Waals surface area contributed by atoms with Crippen LogP contribution in [0, 0.1) is 0 Å². The second kappa shape index (κ2) is 15.5. The van der Waals surface area contributed by atoms with Crippen molar-refractivity contribution in [3.05, 3.63) is 248 Å². The molecule has 0 saturated heterocycles. The molecular weight excluding hydrogens is 799 g/mol. The quantitative estimate of drug-likeness (QED) is 0.160. The molecule has 0 bridgehead atoms. The second-order valence-corrected chi connectivity index (χ2v) is 17.3. The van der Waals surface area contributed by atoms with Gasteiger partial charge in [0.1, 0.15) is 0 Å². The minimum absolute atomic E-state index is 0.708. The van der Waals surface area contributed by atoms with Crippen LogP contribution in [0.15, 0.2) is 237 Å². The summed E-state index contributed by atoms with van der Waals surface area (Å²) < 4.78 is 2.39. The Kier molecular flexibility index (Phi) is 8.92. The van der Waals surface area contributed by atoms with Crippen molar-refractivity contribution in [1.82, 2.24) is 14.5 Å². The van der Waals surface area contributed by atoms with Crippen LogP contribution >= 0.6 is 0 Å². The Hall–Kier alpha value is -8.66. The molecule has 12 aromatic rings. The minimum atomic E-state index is 0.708. The zero-order valence-electron chi connectivity index (χ0n) is 36.1. The summed E-state index contributed by atoms with van der Waals surface area (Å²) in [6.45, 7) is 0. The number of fused-ring (bicyclic) bond motifs is 8. The summed E-state index contributed by atoms with van der Waals surface area (Å²) in [5.41, 5.74) is 21.1. The van der Waals surface area contributed by atoms with E-state index in [1.54, 1.807) is 0 Å². The van der Waals surface area contributed by atoms with E-state index in [0.29, 0.717) is 5.82 Å². The Morgan fingerprint density at radius 3 is 1.56 bits per heavy atom. The third-order valence-electron chi connectivity index (χ3n) is 13.5. The van der Waals surface area contributed by atoms with Crippen molar-refractivity contribution >= 4 is 32.6 Å². The molecule has 0 N–H and O–H groups in total. The molecule has 1 aliphatic rings. The normalized spacial score (nSPS) is 11.9. The number of hydrogen-bond donors (Lipinski definition) is 0. The molecule has 13 rings (SSSR count). The summed E-state index contributed by atoms with van der Waals surface area (Å²) in [4.78, 5) is 10.3. The minimum Gasteiger partial charge on any atom is -0.309 e. The van der Waals surface area contributed by atoms with Crippen molar-refractivity contribution in [3.8, 4) is 84.1 Å². The average molecular weight is 840 g/mol. The van der Waals surface area contributed by atoms with Crippen LogP contribution in [0.1, 0.15) is 11.1 Å². The molecule has 0 saturated carbocycles. The molecule has 2 aromatic heterocycles. The molecule has 0 spiro atoms. The summed E-state index contributed by atoms with van der Waals surface area (Å²) in [6.07, 6.45) is 0.904. The summed E-state index contributed by atoms with van der Waals surface area (Å²) in [5.74, 6) is 0.708. The molecule has 10 aromatic carbocycles. The molecular formula is C63H41N3. The molecule has 2 heterocycles. The van der Waals surface area contributed by atoms with Crippen molar-refractivity contribution in [2.24, 2.45) is 0 Å². The topological polar surface area (TPSA) is 30.7 Å². The standard InChI is InChI=1S/C63H41N3/c1-3-15-41(16-4-1)46-19-13-20-47(37-46)59-40-58(64-63(65-59)45-17-5-2-6-18-45)44-31-29-42(30-32-44)50-26-14-21-48-38-56-52-23-8-7-22-51(52)55(39-57(56)62(48)50)43-33-35-49(36-34-43)66-60-27-11-9-24-53(60)54-25-10-12-28-61(54)66/h1-37,39-40H,38H2. The van der Waals surface area contributed by atoms with Crippen LogP contribution in [-0.2, 0) is 6.42 Å². The zero-order chi connectivity index (χ0) is 43.6. The van der Waals surface area contributed by atoms with Crippen molar-refractivity contribution in [3.63, 3.8) is 0 Å². The van der Waals surface area contributed by atoms with Gasteiger partial charge in [-0.2, -0.15) is 0 Å². The van der Waals surface area contributed by atoms with Crippen molar-refractivity contribution in [2.75, 3.05) is 0 Å². The number of benzene rings is 10. The van der Waals surface area contributed by atoms with Gasteiger partial charge in [-0.25, -0.2) is 9.97 Å². The van der Waals surface area contributed by atoms with Gasteiger partial charge in [-0.3, -0.25) is 0 Å². The van der Waals surface area contributed by atoms with Gasteiger partial charge < -0.3 is 4.57 Å². The lowest BCUT2D eigenvalue weighted by Crippen LogP contribution is -1.96. The first-order chi connectivity index (χ1) is 32.7. The number of hydrogen-bond acceptors (Lipinski definition) is 2. The van der Waals surface area contributed by atoms with E-state index in [0.717, 1.165) is 45.7 Å². The average Bonchev–Trinajstić information content (AvgIpc) is 3.95. The monoisotopic (exact) mass is 839 g/mol. The van der Waals surface area contributed by atoms with Crippen molar-refractivity contribution in [1.29, 1.82) is 0 Å². The van der Waals surface area contributed by atoms with Crippen LogP contribution in [0.2, 0.25) is 0 Å². The SMILES string of the molecule is c1ccc(-c2cccc(-c3cc(-c4ccc(-c5cccc6c5-c5cc(-c7ccc(-n8c9ccccc9c9ccccc98)cc7)c7ccccc7c5C6)cc4)nc(-c4ccccc4)n3)c2)cc1. The predicted molar refractivity (Wildman–Crippen MR) is 275 cm³/mol. The molecule has 3 heteroatoms. The van der Waals surface area contributed by atoms with Gasteiger partial charge in [0, 0.05) is 33.2 Å². The fourth-order valence-corrected chi connectivity index (χ4v) is 10.3. The first-order valence-corrected chi connectivity index (χ1v) is 22.7. The van der Waals surface area contributed by atoms with Gasteiger partial charge in [0.05, 0.1) is 22.4 Å². The van der Waals surface area contributed by atoms with E-state index in [1.807, 2.05) is 18.2 Å². The van der Waals surface area contributed by atoms with Gasteiger partial charge in [-0.05, 0) is 115 Å². The van der Waals surface area contributed by atoms with Gasteiger partial charge >= 0.3 is 0 Å². The molecule has 1 aliphatic carbocycles. The fourth-order valence-electron chi connectivity index (χ4n) is 10.3. The highest BCUT2D eigenvalue weighted by molar-refractivity contribution is 6.10. The molecule has 0 atom stereocenters. The number of para-hydroxylation sites is 2. The molecule has 3 nitrogen and oxygen atoms in total. The van der Waals surface area contributed by atoms with Gasteiger partial charge in [0.15, 0.2) is 5.82 Å². The molecule has 0 aliphatic heterocycles. The van der Waals surface area contributed by atoms with Crippen molar-refractivity contribution < 1.29 is 0 Å². The van der Waals surface area contributed by atoms with E-state index in [1.165, 1.54) is 82.6 Å². The maximum atomic E-state index is 5.17. The largest absolute Gasteiger partial charge is 0.309 e. The lowest BCUT2D eigenvalue weighted by atomic mass is 9.89. The number of rotatable bonds is 7.